The van der Waals surface area contributed by atoms with Crippen LogP contribution in [-0.4, -0.2) is 36.0 Å². The monoisotopic (exact) mass is 618 g/mol. The Labute approximate surface area is 271 Å². The van der Waals surface area contributed by atoms with Gasteiger partial charge in [-0.2, -0.15) is 0 Å². The first-order chi connectivity index (χ1) is 22.3. The molecule has 0 spiro atoms. The summed E-state index contributed by atoms with van der Waals surface area (Å²) in [6, 6.07) is 41.3. The summed E-state index contributed by atoms with van der Waals surface area (Å²) in [7, 11) is 0. The third-order valence-electron chi connectivity index (χ3n) is 8.02. The van der Waals surface area contributed by atoms with Gasteiger partial charge in [0, 0.05) is 24.3 Å². The summed E-state index contributed by atoms with van der Waals surface area (Å²) in [5, 5.41) is 25.9. The Morgan fingerprint density at radius 2 is 0.739 bits per heavy atom. The van der Waals surface area contributed by atoms with Gasteiger partial charge < -0.3 is 29.2 Å². The van der Waals surface area contributed by atoms with Crippen molar-refractivity contribution in [3.63, 3.8) is 0 Å². The normalized spacial score (nSPS) is 13.2. The van der Waals surface area contributed by atoms with Gasteiger partial charge in [-0.3, -0.25) is 0 Å². The van der Waals surface area contributed by atoms with E-state index in [0.717, 1.165) is 0 Å². The molecule has 6 nitrogen and oxygen atoms in total. The zero-order valence-corrected chi connectivity index (χ0v) is 26.8. The highest BCUT2D eigenvalue weighted by atomic mass is 16.7. The van der Waals surface area contributed by atoms with Crippen LogP contribution in [0.25, 0.3) is 0 Å². The lowest BCUT2D eigenvalue weighted by atomic mass is 9.76. The molecule has 46 heavy (non-hydrogen) atoms. The number of rotatable bonds is 14. The molecule has 0 bridgehead atoms. The molecule has 0 fully saturated rings. The van der Waals surface area contributed by atoms with Gasteiger partial charge >= 0.3 is 0 Å². The fraction of sp³-hybridized carbons (Fsp3) is 0.250. The highest BCUT2D eigenvalue weighted by Gasteiger charge is 2.42. The summed E-state index contributed by atoms with van der Waals surface area (Å²) in [6.07, 6.45) is -1.33. The molecule has 0 radical (unpaired) electrons. The molecule has 5 rings (SSSR count). The molecule has 0 heterocycles. The van der Waals surface area contributed by atoms with Crippen molar-refractivity contribution in [1.29, 1.82) is 0 Å². The summed E-state index contributed by atoms with van der Waals surface area (Å²) >= 11 is 0. The molecule has 2 N–H and O–H groups in total. The van der Waals surface area contributed by atoms with E-state index in [1.165, 1.54) is 0 Å². The predicted octanol–water partition coefficient (Wildman–Crippen LogP) is 7.78. The molecule has 0 aliphatic rings. The molecule has 238 valence electrons. The van der Waals surface area contributed by atoms with E-state index in [9.17, 15) is 10.2 Å². The van der Waals surface area contributed by atoms with Gasteiger partial charge in [-0.05, 0) is 62.1 Å². The second-order valence-electron chi connectivity index (χ2n) is 11.0. The highest BCUT2D eigenvalue weighted by Crippen LogP contribution is 2.49. The second-order valence-corrected chi connectivity index (χ2v) is 11.0. The predicted molar refractivity (Wildman–Crippen MR) is 180 cm³/mol. The van der Waals surface area contributed by atoms with E-state index in [4.69, 9.17) is 18.9 Å². The number of ether oxygens (including phenoxy) is 4. The summed E-state index contributed by atoms with van der Waals surface area (Å²) < 4.78 is 24.7. The lowest BCUT2D eigenvalue weighted by molar-refractivity contribution is -0.0665. The fourth-order valence-corrected chi connectivity index (χ4v) is 5.89. The minimum absolute atomic E-state index is 0.327. The SMILES string of the molecule is CCOC(C)Oc1cc(C(O)(c2ccccc2)c2ccccc2)c(OC(C)OCC)cc1C(O)(c1ccccc1)c1ccccc1. The van der Waals surface area contributed by atoms with Crippen LogP contribution in [0.3, 0.4) is 0 Å². The van der Waals surface area contributed by atoms with E-state index >= 15 is 0 Å². The average Bonchev–Trinajstić information content (AvgIpc) is 3.10. The van der Waals surface area contributed by atoms with Crippen molar-refractivity contribution in [1.82, 2.24) is 0 Å². The molecular weight excluding hydrogens is 576 g/mol. The molecule has 0 saturated carbocycles. The topological polar surface area (TPSA) is 77.4 Å². The van der Waals surface area contributed by atoms with Gasteiger partial charge in [-0.1, -0.05) is 121 Å². The Balaban J connectivity index is 1.88. The van der Waals surface area contributed by atoms with Crippen LogP contribution in [0.2, 0.25) is 0 Å². The third kappa shape index (κ3) is 6.71. The van der Waals surface area contributed by atoms with Crippen molar-refractivity contribution in [3.8, 4) is 11.5 Å². The van der Waals surface area contributed by atoms with Crippen LogP contribution in [-0.2, 0) is 20.7 Å². The van der Waals surface area contributed by atoms with E-state index in [1.807, 2.05) is 135 Å². The van der Waals surface area contributed by atoms with Crippen molar-refractivity contribution in [3.05, 3.63) is 167 Å². The maximum atomic E-state index is 13.0. The Morgan fingerprint density at radius 1 is 0.478 bits per heavy atom. The molecule has 5 aromatic carbocycles. The second kappa shape index (κ2) is 14.8. The molecule has 0 saturated heterocycles. The van der Waals surface area contributed by atoms with Crippen molar-refractivity contribution in [2.45, 2.75) is 51.5 Å². The molecular formula is C40H42O6. The molecule has 0 aromatic heterocycles. The standard InChI is InChI=1S/C40H42O6/c1-5-43-29(3)45-37-27-36(40(42,33-23-15-9-16-24-33)34-25-17-10-18-26-34)38(46-30(4)44-6-2)28-35(37)39(41,31-19-11-7-12-20-31)32-21-13-8-14-22-32/h7-30,41-42H,5-6H2,1-4H3. The Bertz CT molecular complexity index is 1450. The minimum atomic E-state index is -1.67. The molecule has 2 unspecified atom stereocenters. The number of hydrogen-bond acceptors (Lipinski definition) is 6. The molecule has 6 heteroatoms. The number of benzene rings is 5. The molecule has 5 aromatic rings. The first kappa shape index (κ1) is 32.9. The van der Waals surface area contributed by atoms with Crippen LogP contribution in [0.4, 0.5) is 0 Å². The number of hydrogen-bond donors (Lipinski definition) is 2. The van der Waals surface area contributed by atoms with E-state index in [-0.39, 0.29) is 0 Å². The van der Waals surface area contributed by atoms with Crippen LogP contribution in [0.15, 0.2) is 133 Å². The van der Waals surface area contributed by atoms with Crippen molar-refractivity contribution >= 4 is 0 Å². The van der Waals surface area contributed by atoms with Gasteiger partial charge in [0.2, 0.25) is 0 Å². The molecule has 0 amide bonds. The first-order valence-electron chi connectivity index (χ1n) is 15.7. The van der Waals surface area contributed by atoms with Crippen LogP contribution in [0.5, 0.6) is 11.5 Å². The van der Waals surface area contributed by atoms with Crippen LogP contribution in [0.1, 0.15) is 61.1 Å². The van der Waals surface area contributed by atoms with Crippen molar-refractivity contribution in [2.75, 3.05) is 13.2 Å². The Hall–Kier alpha value is -4.46. The summed E-state index contributed by atoms with van der Waals surface area (Å²) in [5.74, 6) is 0.653. The maximum Gasteiger partial charge on any atom is 0.196 e. The molecule has 2 atom stereocenters. The zero-order valence-electron chi connectivity index (χ0n) is 26.8. The van der Waals surface area contributed by atoms with E-state index in [0.29, 0.717) is 58.1 Å². The zero-order chi connectivity index (χ0) is 32.6. The minimum Gasteiger partial charge on any atom is -0.465 e. The van der Waals surface area contributed by atoms with Crippen molar-refractivity contribution < 1.29 is 29.2 Å². The Morgan fingerprint density at radius 3 is 0.978 bits per heavy atom. The molecule has 0 aliphatic heterocycles. The Kier molecular flexibility index (Phi) is 10.6. The van der Waals surface area contributed by atoms with E-state index < -0.39 is 23.8 Å². The van der Waals surface area contributed by atoms with E-state index in [2.05, 4.69) is 0 Å². The first-order valence-corrected chi connectivity index (χ1v) is 15.7. The molecule has 0 aliphatic carbocycles. The van der Waals surface area contributed by atoms with E-state index in [1.54, 1.807) is 26.0 Å². The van der Waals surface area contributed by atoms with Crippen molar-refractivity contribution in [2.24, 2.45) is 0 Å². The van der Waals surface area contributed by atoms with Gasteiger partial charge in [0.1, 0.15) is 22.7 Å². The smallest absolute Gasteiger partial charge is 0.196 e. The number of aliphatic hydroxyl groups is 2. The highest BCUT2D eigenvalue weighted by molar-refractivity contribution is 5.61. The van der Waals surface area contributed by atoms with Gasteiger partial charge in [0.05, 0.1) is 0 Å². The lowest BCUT2D eigenvalue weighted by Crippen LogP contribution is -2.33. The van der Waals surface area contributed by atoms with Gasteiger partial charge in [0.15, 0.2) is 12.6 Å². The van der Waals surface area contributed by atoms with Gasteiger partial charge in [-0.15, -0.1) is 0 Å². The van der Waals surface area contributed by atoms with Crippen LogP contribution >= 0.6 is 0 Å². The van der Waals surface area contributed by atoms with Gasteiger partial charge in [0.25, 0.3) is 0 Å². The van der Waals surface area contributed by atoms with Gasteiger partial charge in [-0.25, -0.2) is 0 Å². The average molecular weight is 619 g/mol. The summed E-state index contributed by atoms with van der Waals surface area (Å²) in [5.41, 5.74) is 0.0201. The fourth-order valence-electron chi connectivity index (χ4n) is 5.89. The summed E-state index contributed by atoms with van der Waals surface area (Å²) in [6.45, 7) is 8.25. The lowest BCUT2D eigenvalue weighted by Gasteiger charge is -2.36. The summed E-state index contributed by atoms with van der Waals surface area (Å²) in [4.78, 5) is 0. The van der Waals surface area contributed by atoms with Crippen LogP contribution < -0.4 is 9.47 Å². The third-order valence-corrected chi connectivity index (χ3v) is 8.02. The maximum absolute atomic E-state index is 13.0. The largest absolute Gasteiger partial charge is 0.465 e. The quantitative estimate of drug-likeness (QED) is 0.0978. The van der Waals surface area contributed by atoms with Crippen LogP contribution in [0, 0.1) is 0 Å².